The van der Waals surface area contributed by atoms with E-state index in [0.29, 0.717) is 12.5 Å². The maximum Gasteiger partial charge on any atom is 0.226 e. The molecule has 1 aliphatic heterocycles. The average molecular weight is 271 g/mol. The van der Waals surface area contributed by atoms with Crippen molar-refractivity contribution in [2.24, 2.45) is 11.3 Å². The highest BCUT2D eigenvalue weighted by molar-refractivity contribution is 7.99. The van der Waals surface area contributed by atoms with Gasteiger partial charge in [0.25, 0.3) is 0 Å². The summed E-state index contributed by atoms with van der Waals surface area (Å²) in [5, 5.41) is 13.2. The van der Waals surface area contributed by atoms with Crippen molar-refractivity contribution in [2.45, 2.75) is 51.6 Å². The average Bonchev–Trinajstić information content (AvgIpc) is 2.97. The predicted molar refractivity (Wildman–Crippen MR) is 75.6 cm³/mol. The van der Waals surface area contributed by atoms with Gasteiger partial charge in [-0.2, -0.15) is 11.8 Å². The summed E-state index contributed by atoms with van der Waals surface area (Å²) in [6.07, 6.45) is 5.63. The lowest BCUT2D eigenvalue weighted by molar-refractivity contribution is -0.133. The second-order valence-electron chi connectivity index (χ2n) is 6.41. The fourth-order valence-electron chi connectivity index (χ4n) is 3.04. The van der Waals surface area contributed by atoms with Crippen LogP contribution < -0.4 is 5.32 Å². The van der Waals surface area contributed by atoms with Crippen LogP contribution >= 0.6 is 11.8 Å². The number of hydrogen-bond acceptors (Lipinski definition) is 3. The molecule has 4 heteroatoms. The van der Waals surface area contributed by atoms with E-state index in [1.54, 1.807) is 11.8 Å². The molecule has 1 aliphatic carbocycles. The molecule has 0 bridgehead atoms. The van der Waals surface area contributed by atoms with Crippen LogP contribution in [0.15, 0.2) is 0 Å². The zero-order chi connectivity index (χ0) is 13.2. The first-order valence-corrected chi connectivity index (χ1v) is 8.18. The van der Waals surface area contributed by atoms with Crippen LogP contribution in [0.4, 0.5) is 0 Å². The smallest absolute Gasteiger partial charge is 0.226 e. The molecule has 0 aromatic carbocycles. The molecule has 1 saturated carbocycles. The van der Waals surface area contributed by atoms with E-state index >= 15 is 0 Å². The molecule has 1 saturated heterocycles. The van der Waals surface area contributed by atoms with Crippen molar-refractivity contribution in [1.29, 1.82) is 0 Å². The van der Waals surface area contributed by atoms with E-state index in [1.807, 2.05) is 13.8 Å². The van der Waals surface area contributed by atoms with Crippen molar-refractivity contribution in [1.82, 2.24) is 5.32 Å². The number of amides is 1. The van der Waals surface area contributed by atoms with Gasteiger partial charge in [-0.1, -0.05) is 26.7 Å². The number of nitrogens with one attached hydrogen (secondary N) is 1. The SMILES string of the molecule is CC(C)(C(=O)NCC1(O)CCSC1)C1CCCC1. The van der Waals surface area contributed by atoms with Gasteiger partial charge in [-0.3, -0.25) is 4.79 Å². The Morgan fingerprint density at radius 1 is 1.44 bits per heavy atom. The molecule has 2 N–H and O–H groups in total. The molecule has 2 aliphatic rings. The molecule has 0 radical (unpaired) electrons. The summed E-state index contributed by atoms with van der Waals surface area (Å²) in [6, 6.07) is 0. The van der Waals surface area contributed by atoms with E-state index in [-0.39, 0.29) is 11.3 Å². The Morgan fingerprint density at radius 2 is 2.11 bits per heavy atom. The summed E-state index contributed by atoms with van der Waals surface area (Å²) in [5.74, 6) is 2.36. The van der Waals surface area contributed by atoms with Crippen molar-refractivity contribution in [2.75, 3.05) is 18.1 Å². The van der Waals surface area contributed by atoms with Crippen LogP contribution in [0.1, 0.15) is 46.0 Å². The third-order valence-corrected chi connectivity index (χ3v) is 5.86. The minimum atomic E-state index is -0.675. The molecule has 1 amide bonds. The second-order valence-corrected chi connectivity index (χ2v) is 7.52. The molecule has 0 aromatic rings. The minimum Gasteiger partial charge on any atom is -0.387 e. The minimum absolute atomic E-state index is 0.111. The second kappa shape index (κ2) is 5.41. The van der Waals surface area contributed by atoms with Gasteiger partial charge in [-0.15, -0.1) is 0 Å². The third kappa shape index (κ3) is 3.02. The molecule has 3 nitrogen and oxygen atoms in total. The molecule has 104 valence electrons. The van der Waals surface area contributed by atoms with Crippen molar-refractivity contribution >= 4 is 17.7 Å². The molecule has 18 heavy (non-hydrogen) atoms. The van der Waals surface area contributed by atoms with E-state index in [4.69, 9.17) is 0 Å². The molecule has 2 fully saturated rings. The van der Waals surface area contributed by atoms with Crippen molar-refractivity contribution in [3.63, 3.8) is 0 Å². The van der Waals surface area contributed by atoms with Gasteiger partial charge in [0.1, 0.15) is 0 Å². The largest absolute Gasteiger partial charge is 0.387 e. The van der Waals surface area contributed by atoms with Gasteiger partial charge in [-0.05, 0) is 30.9 Å². The molecule has 0 aromatic heterocycles. The van der Waals surface area contributed by atoms with Gasteiger partial charge in [0.15, 0.2) is 0 Å². The van der Waals surface area contributed by atoms with Gasteiger partial charge in [0.05, 0.1) is 5.60 Å². The van der Waals surface area contributed by atoms with Crippen molar-refractivity contribution in [3.05, 3.63) is 0 Å². The summed E-state index contributed by atoms with van der Waals surface area (Å²) in [6.45, 7) is 4.51. The molecular formula is C14H25NO2S. The first-order valence-electron chi connectivity index (χ1n) is 7.02. The van der Waals surface area contributed by atoms with E-state index in [2.05, 4.69) is 5.32 Å². The van der Waals surface area contributed by atoms with Crippen LogP contribution in [0, 0.1) is 11.3 Å². The molecule has 1 heterocycles. The number of thioether (sulfide) groups is 1. The Kier molecular flexibility index (Phi) is 4.27. The highest BCUT2D eigenvalue weighted by atomic mass is 32.2. The van der Waals surface area contributed by atoms with Gasteiger partial charge < -0.3 is 10.4 Å². The van der Waals surface area contributed by atoms with E-state index in [0.717, 1.165) is 17.9 Å². The summed E-state index contributed by atoms with van der Waals surface area (Å²) < 4.78 is 0. The van der Waals surface area contributed by atoms with E-state index in [1.165, 1.54) is 25.7 Å². The lowest BCUT2D eigenvalue weighted by Gasteiger charge is -2.32. The normalized spacial score (nSPS) is 29.7. The number of aliphatic hydroxyl groups is 1. The van der Waals surface area contributed by atoms with Crippen LogP contribution in [-0.4, -0.2) is 34.7 Å². The van der Waals surface area contributed by atoms with Gasteiger partial charge in [0.2, 0.25) is 5.91 Å². The zero-order valence-corrected chi connectivity index (χ0v) is 12.3. The Hall–Kier alpha value is -0.220. The molecule has 1 atom stereocenters. The van der Waals surface area contributed by atoms with Gasteiger partial charge >= 0.3 is 0 Å². The monoisotopic (exact) mass is 271 g/mol. The Morgan fingerprint density at radius 3 is 2.67 bits per heavy atom. The van der Waals surface area contributed by atoms with Gasteiger partial charge in [-0.25, -0.2) is 0 Å². The fraction of sp³-hybridized carbons (Fsp3) is 0.929. The third-order valence-electron chi connectivity index (χ3n) is 4.62. The number of hydrogen-bond donors (Lipinski definition) is 2. The van der Waals surface area contributed by atoms with Crippen LogP contribution in [-0.2, 0) is 4.79 Å². The molecule has 1 unspecified atom stereocenters. The van der Waals surface area contributed by atoms with Crippen LogP contribution in [0.2, 0.25) is 0 Å². The highest BCUT2D eigenvalue weighted by Crippen LogP contribution is 2.39. The molecular weight excluding hydrogens is 246 g/mol. The summed E-state index contributed by atoms with van der Waals surface area (Å²) in [7, 11) is 0. The van der Waals surface area contributed by atoms with E-state index < -0.39 is 5.60 Å². The number of rotatable bonds is 4. The first kappa shape index (κ1) is 14.2. The lowest BCUT2D eigenvalue weighted by Crippen LogP contribution is -2.48. The highest BCUT2D eigenvalue weighted by Gasteiger charge is 2.39. The van der Waals surface area contributed by atoms with Crippen LogP contribution in [0.25, 0.3) is 0 Å². The quantitative estimate of drug-likeness (QED) is 0.824. The molecule has 0 spiro atoms. The number of carbonyl (C=O) groups excluding carboxylic acids is 1. The summed E-state index contributed by atoms with van der Waals surface area (Å²) in [5.41, 5.74) is -0.968. The van der Waals surface area contributed by atoms with Crippen molar-refractivity contribution < 1.29 is 9.90 Å². The fourth-order valence-corrected chi connectivity index (χ4v) is 4.34. The standard InChI is InChI=1S/C14H25NO2S/c1-13(2,11-5-3-4-6-11)12(16)15-9-14(17)7-8-18-10-14/h11,17H,3-10H2,1-2H3,(H,15,16). The number of carbonyl (C=O) groups is 1. The predicted octanol–water partition coefficient (Wildman–Crippen LogP) is 2.19. The van der Waals surface area contributed by atoms with Gasteiger partial charge in [0, 0.05) is 17.7 Å². The van der Waals surface area contributed by atoms with Crippen molar-refractivity contribution in [3.8, 4) is 0 Å². The first-order chi connectivity index (χ1) is 8.44. The zero-order valence-electron chi connectivity index (χ0n) is 11.5. The van der Waals surface area contributed by atoms with E-state index in [9.17, 15) is 9.90 Å². The topological polar surface area (TPSA) is 49.3 Å². The Bertz CT molecular complexity index is 305. The van der Waals surface area contributed by atoms with Crippen LogP contribution in [0.3, 0.4) is 0 Å². The lowest BCUT2D eigenvalue weighted by atomic mass is 9.77. The molecule has 2 rings (SSSR count). The van der Waals surface area contributed by atoms with Crippen LogP contribution in [0.5, 0.6) is 0 Å². The Balaban J connectivity index is 1.86. The maximum absolute atomic E-state index is 12.3. The maximum atomic E-state index is 12.3. The Labute approximate surface area is 114 Å². The summed E-state index contributed by atoms with van der Waals surface area (Å²) >= 11 is 1.76. The summed E-state index contributed by atoms with van der Waals surface area (Å²) in [4.78, 5) is 12.3.